The van der Waals surface area contributed by atoms with Gasteiger partial charge in [-0.25, -0.2) is 0 Å². The van der Waals surface area contributed by atoms with Crippen molar-refractivity contribution in [2.24, 2.45) is 0 Å². The Labute approximate surface area is 188 Å². The molecule has 31 heavy (non-hydrogen) atoms. The standard InChI is InChI=1S/C24H29ClN2O4/c25-21-12-19(13-22-24(21)31-11-1-10-30-22)14-23(29)26-15-17-2-4-18(5-3-17)16-27-8-6-20(28)7-9-27/h2-5,12-13,20,28H,1,6-11,14-16H2,(H,26,29). The SMILES string of the molecule is O=C(Cc1cc(Cl)c2c(c1)OCCCO2)NCc1ccc(CN2CCC(O)CC2)cc1. The molecule has 1 amide bonds. The number of aliphatic hydroxyl groups is 1. The average Bonchev–Trinajstić information content (AvgIpc) is 3.01. The molecule has 0 aromatic heterocycles. The number of nitrogens with one attached hydrogen (secondary N) is 1. The minimum Gasteiger partial charge on any atom is -0.489 e. The van der Waals surface area contributed by atoms with Crippen molar-refractivity contribution < 1.29 is 19.4 Å². The molecule has 0 bridgehead atoms. The van der Waals surface area contributed by atoms with Crippen LogP contribution in [0.25, 0.3) is 0 Å². The number of piperidine rings is 1. The third kappa shape index (κ3) is 6.12. The Morgan fingerprint density at radius 1 is 1.06 bits per heavy atom. The minimum absolute atomic E-state index is 0.0680. The lowest BCUT2D eigenvalue weighted by Crippen LogP contribution is -2.35. The summed E-state index contributed by atoms with van der Waals surface area (Å²) in [5, 5.41) is 13.1. The first-order valence-corrected chi connectivity index (χ1v) is 11.3. The van der Waals surface area contributed by atoms with E-state index in [9.17, 15) is 9.90 Å². The number of carbonyl (C=O) groups excluding carboxylic acids is 1. The number of rotatable bonds is 6. The largest absolute Gasteiger partial charge is 0.489 e. The van der Waals surface area contributed by atoms with Crippen LogP contribution in [0.15, 0.2) is 36.4 Å². The van der Waals surface area contributed by atoms with Crippen molar-refractivity contribution >= 4 is 17.5 Å². The number of aliphatic hydroxyl groups excluding tert-OH is 1. The zero-order chi connectivity index (χ0) is 21.6. The lowest BCUT2D eigenvalue weighted by atomic mass is 10.1. The fraction of sp³-hybridized carbons (Fsp3) is 0.458. The Morgan fingerprint density at radius 2 is 1.77 bits per heavy atom. The number of amides is 1. The van der Waals surface area contributed by atoms with Gasteiger partial charge in [-0.1, -0.05) is 35.9 Å². The molecule has 0 radical (unpaired) electrons. The smallest absolute Gasteiger partial charge is 0.224 e. The molecule has 0 unspecified atom stereocenters. The predicted octanol–water partition coefficient (Wildman–Crippen LogP) is 3.32. The van der Waals surface area contributed by atoms with E-state index in [2.05, 4.69) is 34.5 Å². The summed E-state index contributed by atoms with van der Waals surface area (Å²) in [6, 6.07) is 11.9. The Balaban J connectivity index is 1.27. The third-order valence-electron chi connectivity index (χ3n) is 5.70. The summed E-state index contributed by atoms with van der Waals surface area (Å²) < 4.78 is 11.3. The van der Waals surface area contributed by atoms with Gasteiger partial charge in [0.15, 0.2) is 11.5 Å². The van der Waals surface area contributed by atoms with Crippen molar-refractivity contribution in [1.29, 1.82) is 0 Å². The Hall–Kier alpha value is -2.28. The lowest BCUT2D eigenvalue weighted by Gasteiger charge is -2.29. The molecule has 7 heteroatoms. The van der Waals surface area contributed by atoms with Crippen LogP contribution in [-0.4, -0.2) is 48.3 Å². The van der Waals surface area contributed by atoms with E-state index < -0.39 is 0 Å². The predicted molar refractivity (Wildman–Crippen MR) is 120 cm³/mol. The lowest BCUT2D eigenvalue weighted by molar-refractivity contribution is -0.120. The molecule has 0 aliphatic carbocycles. The summed E-state index contributed by atoms with van der Waals surface area (Å²) in [5.74, 6) is 1.09. The van der Waals surface area contributed by atoms with Crippen molar-refractivity contribution in [1.82, 2.24) is 10.2 Å². The van der Waals surface area contributed by atoms with Gasteiger partial charge in [0.2, 0.25) is 5.91 Å². The second-order valence-electron chi connectivity index (χ2n) is 8.23. The first-order valence-electron chi connectivity index (χ1n) is 10.9. The number of ether oxygens (including phenoxy) is 2. The van der Waals surface area contributed by atoms with Gasteiger partial charge < -0.3 is 19.9 Å². The van der Waals surface area contributed by atoms with Crippen molar-refractivity contribution in [2.45, 2.75) is 44.9 Å². The highest BCUT2D eigenvalue weighted by Gasteiger charge is 2.18. The number of nitrogens with zero attached hydrogens (tertiary/aromatic N) is 1. The summed E-state index contributed by atoms with van der Waals surface area (Å²) >= 11 is 6.32. The van der Waals surface area contributed by atoms with Crippen LogP contribution >= 0.6 is 11.6 Å². The van der Waals surface area contributed by atoms with E-state index in [0.717, 1.165) is 50.0 Å². The van der Waals surface area contributed by atoms with Crippen LogP contribution in [0, 0.1) is 0 Å². The fourth-order valence-corrected chi connectivity index (χ4v) is 4.22. The van der Waals surface area contributed by atoms with Crippen LogP contribution in [-0.2, 0) is 24.3 Å². The topological polar surface area (TPSA) is 71.0 Å². The second kappa shape index (κ2) is 10.4. The van der Waals surface area contributed by atoms with Crippen LogP contribution in [0.3, 0.4) is 0 Å². The van der Waals surface area contributed by atoms with Gasteiger partial charge in [0.1, 0.15) is 0 Å². The highest BCUT2D eigenvalue weighted by Crippen LogP contribution is 2.38. The quantitative estimate of drug-likeness (QED) is 0.715. The zero-order valence-electron chi connectivity index (χ0n) is 17.6. The minimum atomic E-state index is -0.148. The molecule has 0 saturated carbocycles. The normalized spacial score (nSPS) is 17.2. The number of hydrogen-bond acceptors (Lipinski definition) is 5. The third-order valence-corrected chi connectivity index (χ3v) is 5.98. The van der Waals surface area contributed by atoms with E-state index in [1.54, 1.807) is 6.07 Å². The van der Waals surface area contributed by atoms with E-state index in [1.165, 1.54) is 5.56 Å². The van der Waals surface area contributed by atoms with Crippen molar-refractivity contribution in [2.75, 3.05) is 26.3 Å². The van der Waals surface area contributed by atoms with Crippen LogP contribution < -0.4 is 14.8 Å². The number of fused-ring (bicyclic) bond motifs is 1. The van der Waals surface area contributed by atoms with E-state index >= 15 is 0 Å². The molecule has 2 aromatic rings. The number of halogens is 1. The molecule has 166 valence electrons. The average molecular weight is 445 g/mol. The van der Waals surface area contributed by atoms with Crippen LogP contribution in [0.5, 0.6) is 11.5 Å². The van der Waals surface area contributed by atoms with Gasteiger partial charge in [0.05, 0.1) is 30.8 Å². The Bertz CT molecular complexity index is 895. The van der Waals surface area contributed by atoms with Gasteiger partial charge >= 0.3 is 0 Å². The molecule has 1 saturated heterocycles. The number of hydrogen-bond donors (Lipinski definition) is 2. The van der Waals surface area contributed by atoms with Gasteiger partial charge in [-0.15, -0.1) is 0 Å². The molecule has 6 nitrogen and oxygen atoms in total. The summed E-state index contributed by atoms with van der Waals surface area (Å²) in [4.78, 5) is 14.8. The molecule has 0 atom stereocenters. The number of likely N-dealkylation sites (tertiary alicyclic amines) is 1. The van der Waals surface area contributed by atoms with Crippen LogP contribution in [0.4, 0.5) is 0 Å². The van der Waals surface area contributed by atoms with Gasteiger partial charge in [0, 0.05) is 32.6 Å². The maximum atomic E-state index is 12.4. The first kappa shape index (κ1) is 21.9. The van der Waals surface area contributed by atoms with E-state index in [-0.39, 0.29) is 18.4 Å². The van der Waals surface area contributed by atoms with E-state index in [1.807, 2.05) is 6.07 Å². The molecule has 4 rings (SSSR count). The van der Waals surface area contributed by atoms with Gasteiger partial charge in [-0.3, -0.25) is 9.69 Å². The van der Waals surface area contributed by atoms with E-state index in [4.69, 9.17) is 21.1 Å². The number of carbonyl (C=O) groups is 1. The molecule has 2 aromatic carbocycles. The van der Waals surface area contributed by atoms with Crippen molar-refractivity contribution in [3.63, 3.8) is 0 Å². The first-order chi connectivity index (χ1) is 15.1. The van der Waals surface area contributed by atoms with Crippen molar-refractivity contribution in [3.8, 4) is 11.5 Å². The molecule has 2 heterocycles. The Kier molecular flexibility index (Phi) is 7.33. The number of benzene rings is 2. The molecular weight excluding hydrogens is 416 g/mol. The van der Waals surface area contributed by atoms with E-state index in [0.29, 0.717) is 36.3 Å². The monoisotopic (exact) mass is 444 g/mol. The molecule has 2 aliphatic rings. The van der Waals surface area contributed by atoms with Gasteiger partial charge in [-0.2, -0.15) is 0 Å². The Morgan fingerprint density at radius 3 is 2.55 bits per heavy atom. The van der Waals surface area contributed by atoms with Gasteiger partial charge in [0.25, 0.3) is 0 Å². The molecule has 1 fully saturated rings. The molecule has 0 spiro atoms. The molecular formula is C24H29ClN2O4. The summed E-state index contributed by atoms with van der Waals surface area (Å²) in [5.41, 5.74) is 3.10. The second-order valence-corrected chi connectivity index (χ2v) is 8.64. The van der Waals surface area contributed by atoms with Crippen LogP contribution in [0.1, 0.15) is 36.0 Å². The summed E-state index contributed by atoms with van der Waals surface area (Å²) in [6.07, 6.45) is 2.58. The summed E-state index contributed by atoms with van der Waals surface area (Å²) in [7, 11) is 0. The highest BCUT2D eigenvalue weighted by atomic mass is 35.5. The highest BCUT2D eigenvalue weighted by molar-refractivity contribution is 6.32. The molecule has 2 aliphatic heterocycles. The van der Waals surface area contributed by atoms with Crippen LogP contribution in [0.2, 0.25) is 5.02 Å². The summed E-state index contributed by atoms with van der Waals surface area (Å²) in [6.45, 7) is 4.39. The zero-order valence-corrected chi connectivity index (χ0v) is 18.4. The van der Waals surface area contributed by atoms with Crippen molar-refractivity contribution in [3.05, 3.63) is 58.1 Å². The fourth-order valence-electron chi connectivity index (χ4n) is 3.93. The maximum absolute atomic E-state index is 12.4. The maximum Gasteiger partial charge on any atom is 0.224 e. The molecule has 2 N–H and O–H groups in total. The van der Waals surface area contributed by atoms with Gasteiger partial charge in [-0.05, 0) is 41.7 Å².